The molecule has 120 valence electrons. The molecule has 0 aliphatic carbocycles. The highest BCUT2D eigenvalue weighted by molar-refractivity contribution is 5.72. The normalized spacial score (nSPS) is 11.1. The van der Waals surface area contributed by atoms with Gasteiger partial charge in [-0.3, -0.25) is 4.79 Å². The van der Waals surface area contributed by atoms with E-state index >= 15 is 0 Å². The van der Waals surface area contributed by atoms with Crippen molar-refractivity contribution in [2.45, 2.75) is 19.0 Å². The number of alkyl halides is 3. The first kappa shape index (κ1) is 16.8. The topological polar surface area (TPSA) is 26.3 Å². The summed E-state index contributed by atoms with van der Waals surface area (Å²) in [7, 11) is 0. The van der Waals surface area contributed by atoms with Crippen LogP contribution in [-0.2, 0) is 17.4 Å². The summed E-state index contributed by atoms with van der Waals surface area (Å²) in [6, 6.07) is 11.6. The van der Waals surface area contributed by atoms with Crippen LogP contribution in [0.1, 0.15) is 23.1 Å². The van der Waals surface area contributed by atoms with Crippen molar-refractivity contribution in [2.24, 2.45) is 0 Å². The summed E-state index contributed by atoms with van der Waals surface area (Å²) in [6.45, 7) is 3.66. The SMILES string of the molecule is C=Cc1ccc(CCC(=O)Oc2ccc(C(F)(F)F)cc2)cc1. The summed E-state index contributed by atoms with van der Waals surface area (Å²) in [5.41, 5.74) is 1.18. The Morgan fingerprint density at radius 3 is 2.17 bits per heavy atom. The summed E-state index contributed by atoms with van der Waals surface area (Å²) in [5.74, 6) is -0.387. The van der Waals surface area contributed by atoms with Gasteiger partial charge < -0.3 is 4.74 Å². The lowest BCUT2D eigenvalue weighted by Crippen LogP contribution is -2.10. The molecule has 23 heavy (non-hydrogen) atoms. The summed E-state index contributed by atoms with van der Waals surface area (Å²) in [4.78, 5) is 11.7. The van der Waals surface area contributed by atoms with Crippen molar-refractivity contribution in [1.82, 2.24) is 0 Å². The zero-order valence-corrected chi connectivity index (χ0v) is 12.3. The fourth-order valence-corrected chi connectivity index (χ4v) is 1.96. The summed E-state index contributed by atoms with van der Waals surface area (Å²) in [5, 5.41) is 0. The van der Waals surface area contributed by atoms with E-state index in [0.29, 0.717) is 6.42 Å². The van der Waals surface area contributed by atoms with Crippen molar-refractivity contribution in [3.63, 3.8) is 0 Å². The molecule has 2 nitrogen and oxygen atoms in total. The molecule has 0 atom stereocenters. The van der Waals surface area contributed by atoms with E-state index < -0.39 is 17.7 Å². The Labute approximate surface area is 132 Å². The first-order valence-corrected chi connectivity index (χ1v) is 6.98. The predicted octanol–water partition coefficient (Wildman–Crippen LogP) is 4.89. The number of hydrogen-bond acceptors (Lipinski definition) is 2. The average Bonchev–Trinajstić information content (AvgIpc) is 2.53. The molecule has 0 radical (unpaired) electrons. The van der Waals surface area contributed by atoms with Crippen LogP contribution in [0.2, 0.25) is 0 Å². The third-order valence-corrected chi connectivity index (χ3v) is 3.25. The van der Waals surface area contributed by atoms with Gasteiger partial charge in [-0.25, -0.2) is 0 Å². The number of aryl methyl sites for hydroxylation is 1. The van der Waals surface area contributed by atoms with Gasteiger partial charge in [0.25, 0.3) is 0 Å². The zero-order chi connectivity index (χ0) is 16.9. The second-order valence-corrected chi connectivity index (χ2v) is 4.94. The first-order chi connectivity index (χ1) is 10.9. The maximum Gasteiger partial charge on any atom is 0.416 e. The minimum absolute atomic E-state index is 0.102. The smallest absolute Gasteiger partial charge is 0.416 e. The molecule has 0 amide bonds. The monoisotopic (exact) mass is 320 g/mol. The Balaban J connectivity index is 1.87. The van der Waals surface area contributed by atoms with Crippen LogP contribution in [0, 0.1) is 0 Å². The second-order valence-electron chi connectivity index (χ2n) is 4.94. The van der Waals surface area contributed by atoms with Crippen molar-refractivity contribution >= 4 is 12.0 Å². The van der Waals surface area contributed by atoms with Crippen molar-refractivity contribution < 1.29 is 22.7 Å². The van der Waals surface area contributed by atoms with E-state index in [-0.39, 0.29) is 12.2 Å². The standard InChI is InChI=1S/C18H15F3O2/c1-2-13-3-5-14(6-4-13)7-12-17(22)23-16-10-8-15(9-11-16)18(19,20)21/h2-6,8-11H,1,7,12H2. The van der Waals surface area contributed by atoms with E-state index in [1.807, 2.05) is 24.3 Å². The highest BCUT2D eigenvalue weighted by Gasteiger charge is 2.30. The van der Waals surface area contributed by atoms with Gasteiger partial charge in [0.1, 0.15) is 5.75 Å². The fourth-order valence-electron chi connectivity index (χ4n) is 1.96. The minimum Gasteiger partial charge on any atom is -0.427 e. The van der Waals surface area contributed by atoms with Gasteiger partial charge >= 0.3 is 12.1 Å². The van der Waals surface area contributed by atoms with E-state index in [9.17, 15) is 18.0 Å². The fraction of sp³-hybridized carbons (Fsp3) is 0.167. The van der Waals surface area contributed by atoms with Gasteiger partial charge in [-0.2, -0.15) is 13.2 Å². The van der Waals surface area contributed by atoms with Crippen LogP contribution in [-0.4, -0.2) is 5.97 Å². The molecular weight excluding hydrogens is 305 g/mol. The van der Waals surface area contributed by atoms with Crippen molar-refractivity contribution in [3.8, 4) is 5.75 Å². The van der Waals surface area contributed by atoms with Crippen molar-refractivity contribution in [1.29, 1.82) is 0 Å². The van der Waals surface area contributed by atoms with Gasteiger partial charge in [-0.1, -0.05) is 36.9 Å². The molecule has 2 aromatic rings. The van der Waals surface area contributed by atoms with Crippen LogP contribution in [0.3, 0.4) is 0 Å². The highest BCUT2D eigenvalue weighted by Crippen LogP contribution is 2.30. The number of esters is 1. The largest absolute Gasteiger partial charge is 0.427 e. The molecule has 0 heterocycles. The molecule has 0 fully saturated rings. The average molecular weight is 320 g/mol. The molecule has 2 aromatic carbocycles. The third-order valence-electron chi connectivity index (χ3n) is 3.25. The van der Waals surface area contributed by atoms with Gasteiger partial charge in [0.2, 0.25) is 0 Å². The quantitative estimate of drug-likeness (QED) is 0.579. The van der Waals surface area contributed by atoms with E-state index in [1.54, 1.807) is 6.08 Å². The Hall–Kier alpha value is -2.56. The molecule has 0 aromatic heterocycles. The van der Waals surface area contributed by atoms with Crippen molar-refractivity contribution in [2.75, 3.05) is 0 Å². The number of carbonyl (C=O) groups excluding carboxylic acids is 1. The number of rotatable bonds is 5. The zero-order valence-electron chi connectivity index (χ0n) is 12.3. The number of benzene rings is 2. The van der Waals surface area contributed by atoms with E-state index in [4.69, 9.17) is 4.74 Å². The molecule has 0 saturated heterocycles. The number of ether oxygens (including phenoxy) is 1. The van der Waals surface area contributed by atoms with Gasteiger partial charge in [0.15, 0.2) is 0 Å². The van der Waals surface area contributed by atoms with Crippen molar-refractivity contribution in [3.05, 3.63) is 71.8 Å². The van der Waals surface area contributed by atoms with Crippen LogP contribution in [0.4, 0.5) is 13.2 Å². The van der Waals surface area contributed by atoms with Crippen LogP contribution in [0.5, 0.6) is 5.75 Å². The van der Waals surface area contributed by atoms with Gasteiger partial charge in [0.05, 0.1) is 5.56 Å². The second kappa shape index (κ2) is 7.13. The van der Waals surface area contributed by atoms with Crippen LogP contribution < -0.4 is 4.74 Å². The van der Waals surface area contributed by atoms with Gasteiger partial charge in [-0.05, 0) is 41.8 Å². The molecule has 5 heteroatoms. The molecule has 2 rings (SSSR count). The van der Waals surface area contributed by atoms with Crippen LogP contribution >= 0.6 is 0 Å². The van der Waals surface area contributed by atoms with E-state index in [2.05, 4.69) is 6.58 Å². The van der Waals surface area contributed by atoms with Crippen LogP contribution in [0.15, 0.2) is 55.1 Å². The third kappa shape index (κ3) is 4.98. The molecule has 0 bridgehead atoms. The number of halogens is 3. The summed E-state index contributed by atoms with van der Waals surface area (Å²) in [6.07, 6.45) is -2.03. The molecule has 0 spiro atoms. The lowest BCUT2D eigenvalue weighted by Gasteiger charge is -2.08. The number of hydrogen-bond donors (Lipinski definition) is 0. The van der Waals surface area contributed by atoms with E-state index in [1.165, 1.54) is 0 Å². The Kier molecular flexibility index (Phi) is 5.21. The summed E-state index contributed by atoms with van der Waals surface area (Å²) < 4.78 is 42.3. The number of carbonyl (C=O) groups is 1. The lowest BCUT2D eigenvalue weighted by molar-refractivity contribution is -0.137. The van der Waals surface area contributed by atoms with Crippen LogP contribution in [0.25, 0.3) is 6.08 Å². The molecule has 0 saturated carbocycles. The Morgan fingerprint density at radius 1 is 1.04 bits per heavy atom. The minimum atomic E-state index is -4.40. The maximum absolute atomic E-state index is 12.4. The maximum atomic E-state index is 12.4. The predicted molar refractivity (Wildman–Crippen MR) is 81.9 cm³/mol. The Morgan fingerprint density at radius 2 is 1.65 bits per heavy atom. The molecule has 0 aliphatic rings. The Bertz CT molecular complexity index is 671. The summed E-state index contributed by atoms with van der Waals surface area (Å²) >= 11 is 0. The molecular formula is C18H15F3O2. The molecule has 0 aliphatic heterocycles. The van der Waals surface area contributed by atoms with Gasteiger partial charge in [-0.15, -0.1) is 0 Å². The van der Waals surface area contributed by atoms with Gasteiger partial charge in [0, 0.05) is 6.42 Å². The lowest BCUT2D eigenvalue weighted by atomic mass is 10.1. The molecule has 0 unspecified atom stereocenters. The highest BCUT2D eigenvalue weighted by atomic mass is 19.4. The van der Waals surface area contributed by atoms with E-state index in [0.717, 1.165) is 35.4 Å². The first-order valence-electron chi connectivity index (χ1n) is 6.98. The molecule has 0 N–H and O–H groups in total.